The van der Waals surface area contributed by atoms with Crippen LogP contribution in [0.2, 0.25) is 0 Å². The summed E-state index contributed by atoms with van der Waals surface area (Å²) in [6.07, 6.45) is 1.76. The molecule has 0 unspecified atom stereocenters. The minimum absolute atomic E-state index is 0.178. The fourth-order valence-electron chi connectivity index (χ4n) is 2.09. The summed E-state index contributed by atoms with van der Waals surface area (Å²) in [5, 5.41) is 10.3. The number of hydrogen-bond acceptors (Lipinski definition) is 4. The highest BCUT2D eigenvalue weighted by Gasteiger charge is 2.12. The van der Waals surface area contributed by atoms with E-state index in [0.29, 0.717) is 18.0 Å². The van der Waals surface area contributed by atoms with Gasteiger partial charge in [-0.3, -0.25) is 4.79 Å². The number of likely N-dealkylation sites (N-methyl/N-ethyl adjacent to an activating group) is 1. The van der Waals surface area contributed by atoms with Gasteiger partial charge < -0.3 is 15.4 Å². The van der Waals surface area contributed by atoms with E-state index in [2.05, 4.69) is 15.7 Å². The molecule has 1 aromatic carbocycles. The number of methoxy groups -OCH3 is 1. The molecule has 1 aromatic heterocycles. The summed E-state index contributed by atoms with van der Waals surface area (Å²) in [7, 11) is 1.62. The zero-order valence-electron chi connectivity index (χ0n) is 13.2. The molecule has 0 aliphatic rings. The highest BCUT2D eigenvalue weighted by molar-refractivity contribution is 5.92. The lowest BCUT2D eigenvalue weighted by molar-refractivity contribution is 0.0948. The summed E-state index contributed by atoms with van der Waals surface area (Å²) in [5.41, 5.74) is 2.30. The first-order chi connectivity index (χ1) is 10.7. The Kier molecular flexibility index (Phi) is 5.55. The number of nitrogens with one attached hydrogen (secondary N) is 2. The lowest BCUT2D eigenvalue weighted by Gasteiger charge is -2.09. The van der Waals surface area contributed by atoms with Crippen LogP contribution >= 0.6 is 0 Å². The zero-order chi connectivity index (χ0) is 15.9. The van der Waals surface area contributed by atoms with Crippen LogP contribution in [0, 0.1) is 6.92 Å². The molecule has 1 amide bonds. The van der Waals surface area contributed by atoms with Crippen molar-refractivity contribution in [1.82, 2.24) is 20.4 Å². The van der Waals surface area contributed by atoms with Crippen LogP contribution in [-0.2, 0) is 0 Å². The monoisotopic (exact) mass is 302 g/mol. The molecule has 2 rings (SSSR count). The smallest absolute Gasteiger partial charge is 0.271 e. The lowest BCUT2D eigenvalue weighted by atomic mass is 10.2. The second-order valence-corrected chi connectivity index (χ2v) is 4.93. The lowest BCUT2D eigenvalue weighted by Crippen LogP contribution is -2.32. The van der Waals surface area contributed by atoms with Crippen LogP contribution in [0.5, 0.6) is 5.75 Å². The number of aromatic nitrogens is 2. The Morgan fingerprint density at radius 1 is 1.32 bits per heavy atom. The fourth-order valence-corrected chi connectivity index (χ4v) is 2.09. The summed E-state index contributed by atoms with van der Waals surface area (Å²) in [6, 6.07) is 7.53. The van der Waals surface area contributed by atoms with Crippen molar-refractivity contribution in [2.45, 2.75) is 13.8 Å². The Hall–Kier alpha value is -2.34. The number of rotatable bonds is 7. The fraction of sp³-hybridized carbons (Fsp3) is 0.375. The number of ether oxygens (including phenoxy) is 1. The Balaban J connectivity index is 2.11. The minimum atomic E-state index is -0.178. The van der Waals surface area contributed by atoms with Crippen LogP contribution < -0.4 is 15.4 Å². The zero-order valence-corrected chi connectivity index (χ0v) is 13.2. The summed E-state index contributed by atoms with van der Waals surface area (Å²) < 4.78 is 7.00. The maximum absolute atomic E-state index is 12.0. The van der Waals surface area contributed by atoms with Crippen molar-refractivity contribution in [2.24, 2.45) is 0 Å². The van der Waals surface area contributed by atoms with Gasteiger partial charge in [-0.1, -0.05) is 13.0 Å². The Labute approximate surface area is 130 Å². The van der Waals surface area contributed by atoms with Crippen LogP contribution in [-0.4, -0.2) is 42.4 Å². The third-order valence-corrected chi connectivity index (χ3v) is 3.24. The first-order valence-electron chi connectivity index (χ1n) is 7.35. The van der Waals surface area contributed by atoms with Crippen molar-refractivity contribution in [3.05, 3.63) is 41.7 Å². The first kappa shape index (κ1) is 16.0. The molecule has 2 N–H and O–H groups in total. The topological polar surface area (TPSA) is 68.2 Å². The van der Waals surface area contributed by atoms with Crippen LogP contribution in [0.4, 0.5) is 0 Å². The Bertz CT molecular complexity index is 637. The highest BCUT2D eigenvalue weighted by Crippen LogP contribution is 2.23. The van der Waals surface area contributed by atoms with E-state index in [1.165, 1.54) is 0 Å². The molecular formula is C16H22N4O2. The van der Waals surface area contributed by atoms with Gasteiger partial charge in [0.05, 0.1) is 7.11 Å². The van der Waals surface area contributed by atoms with E-state index >= 15 is 0 Å². The molecule has 0 saturated carbocycles. The average molecular weight is 302 g/mol. The van der Waals surface area contributed by atoms with E-state index in [1.807, 2.05) is 32.0 Å². The third-order valence-electron chi connectivity index (χ3n) is 3.24. The van der Waals surface area contributed by atoms with Gasteiger partial charge in [0.15, 0.2) is 5.69 Å². The van der Waals surface area contributed by atoms with Crippen LogP contribution in [0.25, 0.3) is 5.69 Å². The van der Waals surface area contributed by atoms with Crippen molar-refractivity contribution in [3.8, 4) is 11.4 Å². The van der Waals surface area contributed by atoms with Crippen molar-refractivity contribution in [3.63, 3.8) is 0 Å². The van der Waals surface area contributed by atoms with Gasteiger partial charge in [0, 0.05) is 19.3 Å². The molecule has 0 aliphatic heterocycles. The van der Waals surface area contributed by atoms with Gasteiger partial charge in [0.1, 0.15) is 11.4 Å². The molecular weight excluding hydrogens is 280 g/mol. The number of hydrogen-bond donors (Lipinski definition) is 2. The molecule has 22 heavy (non-hydrogen) atoms. The predicted molar refractivity (Wildman–Crippen MR) is 85.7 cm³/mol. The average Bonchev–Trinajstić information content (AvgIpc) is 3.01. The summed E-state index contributed by atoms with van der Waals surface area (Å²) in [4.78, 5) is 12.0. The maximum atomic E-state index is 12.0. The standard InChI is InChI=1S/C16H22N4O2/c1-4-17-8-9-18-16(21)13-7-10-20(19-13)14-11-12(2)5-6-15(14)22-3/h5-7,10-11,17H,4,8-9H2,1-3H3,(H,18,21). The quantitative estimate of drug-likeness (QED) is 0.761. The van der Waals surface area contributed by atoms with Crippen molar-refractivity contribution in [1.29, 1.82) is 0 Å². The van der Waals surface area contributed by atoms with Crippen molar-refractivity contribution < 1.29 is 9.53 Å². The predicted octanol–water partition coefficient (Wildman–Crippen LogP) is 1.53. The number of carbonyl (C=O) groups is 1. The second kappa shape index (κ2) is 7.61. The number of benzene rings is 1. The Morgan fingerprint density at radius 3 is 2.86 bits per heavy atom. The molecule has 2 aromatic rings. The van der Waals surface area contributed by atoms with Gasteiger partial charge in [-0.05, 0) is 37.2 Å². The second-order valence-electron chi connectivity index (χ2n) is 4.93. The first-order valence-corrected chi connectivity index (χ1v) is 7.35. The molecule has 0 radical (unpaired) electrons. The number of amides is 1. The molecule has 0 fully saturated rings. The van der Waals surface area contributed by atoms with Crippen LogP contribution in [0.1, 0.15) is 23.0 Å². The maximum Gasteiger partial charge on any atom is 0.271 e. The van der Waals surface area contributed by atoms with E-state index in [-0.39, 0.29) is 5.91 Å². The van der Waals surface area contributed by atoms with Gasteiger partial charge >= 0.3 is 0 Å². The van der Waals surface area contributed by atoms with E-state index in [1.54, 1.807) is 24.1 Å². The third kappa shape index (κ3) is 3.85. The van der Waals surface area contributed by atoms with Gasteiger partial charge in [-0.15, -0.1) is 0 Å². The largest absolute Gasteiger partial charge is 0.494 e. The molecule has 6 heteroatoms. The summed E-state index contributed by atoms with van der Waals surface area (Å²) in [5.74, 6) is 0.538. The van der Waals surface area contributed by atoms with E-state index in [4.69, 9.17) is 4.74 Å². The van der Waals surface area contributed by atoms with Gasteiger partial charge in [0.2, 0.25) is 0 Å². The molecule has 0 aliphatic carbocycles. The molecule has 0 atom stereocenters. The van der Waals surface area contributed by atoms with Gasteiger partial charge in [-0.2, -0.15) is 5.10 Å². The SMILES string of the molecule is CCNCCNC(=O)c1ccn(-c2cc(C)ccc2OC)n1. The minimum Gasteiger partial charge on any atom is -0.494 e. The number of nitrogens with zero attached hydrogens (tertiary/aromatic N) is 2. The van der Waals surface area contributed by atoms with E-state index in [0.717, 1.165) is 24.3 Å². The highest BCUT2D eigenvalue weighted by atomic mass is 16.5. The summed E-state index contributed by atoms with van der Waals surface area (Å²) >= 11 is 0. The molecule has 6 nitrogen and oxygen atoms in total. The number of aryl methyl sites for hydroxylation is 1. The normalized spacial score (nSPS) is 10.5. The van der Waals surface area contributed by atoms with E-state index < -0.39 is 0 Å². The molecule has 0 saturated heterocycles. The van der Waals surface area contributed by atoms with E-state index in [9.17, 15) is 4.79 Å². The van der Waals surface area contributed by atoms with Gasteiger partial charge in [0.25, 0.3) is 5.91 Å². The molecule has 0 spiro atoms. The molecule has 1 heterocycles. The number of carbonyl (C=O) groups excluding carboxylic acids is 1. The summed E-state index contributed by atoms with van der Waals surface area (Å²) in [6.45, 7) is 6.24. The Morgan fingerprint density at radius 2 is 2.14 bits per heavy atom. The molecule has 118 valence electrons. The van der Waals surface area contributed by atoms with Crippen molar-refractivity contribution in [2.75, 3.05) is 26.7 Å². The van der Waals surface area contributed by atoms with Crippen LogP contribution in [0.15, 0.2) is 30.5 Å². The van der Waals surface area contributed by atoms with Gasteiger partial charge in [-0.25, -0.2) is 4.68 Å². The van der Waals surface area contributed by atoms with Crippen molar-refractivity contribution >= 4 is 5.91 Å². The van der Waals surface area contributed by atoms with Crippen LogP contribution in [0.3, 0.4) is 0 Å². The molecule has 0 bridgehead atoms.